The van der Waals surface area contributed by atoms with Gasteiger partial charge in [0.15, 0.2) is 5.89 Å². The third kappa shape index (κ3) is 4.41. The first-order chi connectivity index (χ1) is 12.0. The molecule has 1 N–H and O–H groups in total. The van der Waals surface area contributed by atoms with E-state index in [0.717, 1.165) is 48.7 Å². The Labute approximate surface area is 149 Å². The molecule has 5 heteroatoms. The molecule has 136 valence electrons. The van der Waals surface area contributed by atoms with Crippen LogP contribution in [-0.2, 0) is 0 Å². The van der Waals surface area contributed by atoms with E-state index in [4.69, 9.17) is 9.15 Å². The molecule has 2 aromatic rings. The maximum atomic E-state index is 10.4. The highest BCUT2D eigenvalue weighted by Gasteiger charge is 2.24. The minimum absolute atomic E-state index is 0.324. The van der Waals surface area contributed by atoms with Gasteiger partial charge < -0.3 is 19.2 Å². The summed E-state index contributed by atoms with van der Waals surface area (Å²) in [5.74, 6) is 2.15. The number of aliphatic hydroxyl groups excluding tert-OH is 1. The highest BCUT2D eigenvalue weighted by Crippen LogP contribution is 2.27. The van der Waals surface area contributed by atoms with Crippen LogP contribution >= 0.6 is 0 Å². The highest BCUT2D eigenvalue weighted by atomic mass is 16.5. The quantitative estimate of drug-likeness (QED) is 0.872. The van der Waals surface area contributed by atoms with Gasteiger partial charge in [-0.25, -0.2) is 4.98 Å². The zero-order valence-electron chi connectivity index (χ0n) is 15.4. The van der Waals surface area contributed by atoms with Crippen LogP contribution in [-0.4, -0.2) is 47.3 Å². The number of likely N-dealkylation sites (tertiary alicyclic amines) is 1. The third-order valence-corrected chi connectivity index (χ3v) is 5.15. The summed E-state index contributed by atoms with van der Waals surface area (Å²) < 4.78 is 11.3. The fourth-order valence-electron chi connectivity index (χ4n) is 3.48. The van der Waals surface area contributed by atoms with Crippen molar-refractivity contribution in [1.29, 1.82) is 0 Å². The molecule has 1 fully saturated rings. The Morgan fingerprint density at radius 1 is 1.24 bits per heavy atom. The largest absolute Gasteiger partial charge is 0.490 e. The standard InChI is InChI=1S/C20H28N2O3/c1-14-4-5-15(2)19(16(14)3)25-13-18(23)12-22-9-6-17(7-10-22)20-21-8-11-24-20/h4-5,8,11,17-18,23H,6-7,9-10,12-13H2,1-3H3. The van der Waals surface area contributed by atoms with Crippen LogP contribution < -0.4 is 4.74 Å². The van der Waals surface area contributed by atoms with Crippen molar-refractivity contribution in [3.63, 3.8) is 0 Å². The van der Waals surface area contributed by atoms with Gasteiger partial charge in [-0.3, -0.25) is 0 Å². The van der Waals surface area contributed by atoms with Gasteiger partial charge in [0, 0.05) is 12.5 Å². The molecule has 0 amide bonds. The van der Waals surface area contributed by atoms with E-state index in [1.165, 1.54) is 5.56 Å². The van der Waals surface area contributed by atoms with Crippen LogP contribution in [0.25, 0.3) is 0 Å². The molecule has 1 aliphatic heterocycles. The van der Waals surface area contributed by atoms with E-state index in [-0.39, 0.29) is 0 Å². The predicted molar refractivity (Wildman–Crippen MR) is 97.1 cm³/mol. The minimum atomic E-state index is -0.488. The average Bonchev–Trinajstić information content (AvgIpc) is 3.13. The van der Waals surface area contributed by atoms with Crippen molar-refractivity contribution in [1.82, 2.24) is 9.88 Å². The van der Waals surface area contributed by atoms with E-state index in [2.05, 4.69) is 35.9 Å². The second kappa shape index (κ2) is 8.02. The van der Waals surface area contributed by atoms with Crippen LogP contribution in [0.3, 0.4) is 0 Å². The van der Waals surface area contributed by atoms with Crippen molar-refractivity contribution < 1.29 is 14.3 Å². The minimum Gasteiger partial charge on any atom is -0.490 e. The van der Waals surface area contributed by atoms with Crippen molar-refractivity contribution in [2.75, 3.05) is 26.2 Å². The lowest BCUT2D eigenvalue weighted by atomic mass is 9.96. The number of piperidine rings is 1. The van der Waals surface area contributed by atoms with Crippen LogP contribution in [0.15, 0.2) is 29.0 Å². The number of aromatic nitrogens is 1. The SMILES string of the molecule is Cc1ccc(C)c(OCC(O)CN2CCC(c3ncco3)CC2)c1C. The molecule has 1 aromatic heterocycles. The molecule has 1 atom stereocenters. The number of hydrogen-bond acceptors (Lipinski definition) is 5. The Morgan fingerprint density at radius 3 is 2.64 bits per heavy atom. The van der Waals surface area contributed by atoms with Crippen molar-refractivity contribution in [3.05, 3.63) is 47.2 Å². The molecule has 2 heterocycles. The summed E-state index contributed by atoms with van der Waals surface area (Å²) >= 11 is 0. The summed E-state index contributed by atoms with van der Waals surface area (Å²) in [6.45, 7) is 9.06. The fourth-order valence-corrected chi connectivity index (χ4v) is 3.48. The van der Waals surface area contributed by atoms with Crippen LogP contribution in [0.5, 0.6) is 5.75 Å². The molecular formula is C20H28N2O3. The Bertz CT molecular complexity index is 676. The Hall–Kier alpha value is -1.85. The summed E-state index contributed by atoms with van der Waals surface area (Å²) in [5, 5.41) is 10.4. The van der Waals surface area contributed by atoms with Gasteiger partial charge in [0.1, 0.15) is 24.7 Å². The molecule has 0 bridgehead atoms. The molecule has 1 aromatic carbocycles. The van der Waals surface area contributed by atoms with Crippen LogP contribution in [0, 0.1) is 20.8 Å². The number of aliphatic hydroxyl groups is 1. The number of β-amino-alcohol motifs (C(OH)–C–C–N with tert-alkyl or cyclic N) is 1. The number of benzene rings is 1. The number of ether oxygens (including phenoxy) is 1. The maximum Gasteiger partial charge on any atom is 0.197 e. The summed E-state index contributed by atoms with van der Waals surface area (Å²) in [5.41, 5.74) is 3.48. The molecule has 0 radical (unpaired) electrons. The molecule has 1 aliphatic rings. The van der Waals surface area contributed by atoms with Crippen LogP contribution in [0.1, 0.15) is 41.3 Å². The molecule has 1 unspecified atom stereocenters. The first-order valence-electron chi connectivity index (χ1n) is 9.04. The Morgan fingerprint density at radius 2 is 1.96 bits per heavy atom. The van der Waals surface area contributed by atoms with E-state index in [0.29, 0.717) is 19.1 Å². The van der Waals surface area contributed by atoms with Crippen molar-refractivity contribution in [3.8, 4) is 5.75 Å². The number of nitrogens with zero attached hydrogens (tertiary/aromatic N) is 2. The summed E-state index contributed by atoms with van der Waals surface area (Å²) in [6.07, 6.45) is 4.89. The van der Waals surface area contributed by atoms with Crippen LogP contribution in [0.2, 0.25) is 0 Å². The Kier molecular flexibility index (Phi) is 5.76. The molecule has 25 heavy (non-hydrogen) atoms. The van der Waals surface area contributed by atoms with Gasteiger partial charge in [-0.05, 0) is 63.4 Å². The van der Waals surface area contributed by atoms with Gasteiger partial charge in [0.25, 0.3) is 0 Å². The number of hydrogen-bond donors (Lipinski definition) is 1. The molecule has 5 nitrogen and oxygen atoms in total. The topological polar surface area (TPSA) is 58.7 Å². The summed E-state index contributed by atoms with van der Waals surface area (Å²) in [6, 6.07) is 4.17. The molecule has 0 spiro atoms. The van der Waals surface area contributed by atoms with Gasteiger partial charge in [-0.15, -0.1) is 0 Å². The van der Waals surface area contributed by atoms with E-state index in [1.807, 2.05) is 6.92 Å². The van der Waals surface area contributed by atoms with Gasteiger partial charge in [0.05, 0.1) is 6.20 Å². The number of aryl methyl sites for hydroxylation is 2. The second-order valence-corrected chi connectivity index (χ2v) is 7.06. The molecular weight excluding hydrogens is 316 g/mol. The van der Waals surface area contributed by atoms with E-state index in [1.54, 1.807) is 12.5 Å². The van der Waals surface area contributed by atoms with Gasteiger partial charge >= 0.3 is 0 Å². The monoisotopic (exact) mass is 344 g/mol. The fraction of sp³-hybridized carbons (Fsp3) is 0.550. The number of oxazole rings is 1. The van der Waals surface area contributed by atoms with Crippen LogP contribution in [0.4, 0.5) is 0 Å². The lowest BCUT2D eigenvalue weighted by Crippen LogP contribution is -2.40. The van der Waals surface area contributed by atoms with Crippen molar-refractivity contribution in [2.45, 2.75) is 45.6 Å². The smallest absolute Gasteiger partial charge is 0.197 e. The zero-order chi connectivity index (χ0) is 17.8. The van der Waals surface area contributed by atoms with E-state index in [9.17, 15) is 5.11 Å². The molecule has 3 rings (SSSR count). The third-order valence-electron chi connectivity index (χ3n) is 5.15. The first-order valence-corrected chi connectivity index (χ1v) is 9.04. The second-order valence-electron chi connectivity index (χ2n) is 7.06. The molecule has 0 saturated carbocycles. The zero-order valence-corrected chi connectivity index (χ0v) is 15.4. The lowest BCUT2D eigenvalue weighted by Gasteiger charge is -2.32. The Balaban J connectivity index is 1.46. The highest BCUT2D eigenvalue weighted by molar-refractivity contribution is 5.44. The van der Waals surface area contributed by atoms with E-state index >= 15 is 0 Å². The van der Waals surface area contributed by atoms with Crippen molar-refractivity contribution in [2.24, 2.45) is 0 Å². The maximum absolute atomic E-state index is 10.4. The van der Waals surface area contributed by atoms with Gasteiger partial charge in [-0.1, -0.05) is 12.1 Å². The summed E-state index contributed by atoms with van der Waals surface area (Å²) in [7, 11) is 0. The lowest BCUT2D eigenvalue weighted by molar-refractivity contribution is 0.0578. The van der Waals surface area contributed by atoms with Crippen molar-refractivity contribution >= 4 is 0 Å². The average molecular weight is 344 g/mol. The van der Waals surface area contributed by atoms with E-state index < -0.39 is 6.10 Å². The molecule has 1 saturated heterocycles. The van der Waals surface area contributed by atoms with Gasteiger partial charge in [0.2, 0.25) is 0 Å². The van der Waals surface area contributed by atoms with Gasteiger partial charge in [-0.2, -0.15) is 0 Å². The first kappa shape index (κ1) is 18.0. The predicted octanol–water partition coefficient (Wildman–Crippen LogP) is 3.22. The normalized spacial score (nSPS) is 17.6. The molecule has 0 aliphatic carbocycles. The number of rotatable bonds is 6. The summed E-state index contributed by atoms with van der Waals surface area (Å²) in [4.78, 5) is 6.55.